The van der Waals surface area contributed by atoms with Crippen molar-refractivity contribution in [1.82, 2.24) is 14.9 Å². The van der Waals surface area contributed by atoms with Gasteiger partial charge in [0.15, 0.2) is 11.6 Å². The summed E-state index contributed by atoms with van der Waals surface area (Å²) in [7, 11) is 0. The summed E-state index contributed by atoms with van der Waals surface area (Å²) in [6.45, 7) is 12.1. The van der Waals surface area contributed by atoms with Gasteiger partial charge >= 0.3 is 0 Å². The van der Waals surface area contributed by atoms with Gasteiger partial charge in [0.05, 0.1) is 5.69 Å². The van der Waals surface area contributed by atoms with E-state index in [9.17, 15) is 4.39 Å². The van der Waals surface area contributed by atoms with E-state index < -0.39 is 0 Å². The fourth-order valence-corrected chi connectivity index (χ4v) is 2.19. The van der Waals surface area contributed by atoms with Gasteiger partial charge in [-0.1, -0.05) is 6.92 Å². The molecule has 0 fully saturated rings. The van der Waals surface area contributed by atoms with E-state index in [-0.39, 0.29) is 5.82 Å². The maximum absolute atomic E-state index is 13.9. The van der Waals surface area contributed by atoms with Crippen LogP contribution in [0, 0.1) is 5.82 Å². The van der Waals surface area contributed by atoms with E-state index >= 15 is 0 Å². The maximum Gasteiger partial charge on any atom is 0.186 e. The van der Waals surface area contributed by atoms with Crippen molar-refractivity contribution in [3.63, 3.8) is 0 Å². The monoisotopic (exact) mass is 268 g/mol. The molecular formula is C14H25FN4. The Morgan fingerprint density at radius 3 is 2.37 bits per heavy atom. The highest BCUT2D eigenvalue weighted by atomic mass is 19.1. The fraction of sp³-hybridized carbons (Fsp3) is 0.714. The van der Waals surface area contributed by atoms with Gasteiger partial charge in [0.25, 0.3) is 0 Å². The number of aryl methyl sites for hydroxylation is 1. The van der Waals surface area contributed by atoms with Crippen molar-refractivity contribution in [1.29, 1.82) is 0 Å². The molecule has 108 valence electrons. The van der Waals surface area contributed by atoms with Crippen LogP contribution in [0.4, 0.5) is 10.2 Å². The molecule has 1 aromatic rings. The molecule has 0 radical (unpaired) electrons. The number of aromatic nitrogens is 2. The minimum absolute atomic E-state index is 0.305. The van der Waals surface area contributed by atoms with E-state index in [1.807, 2.05) is 6.92 Å². The van der Waals surface area contributed by atoms with Gasteiger partial charge in [-0.25, -0.2) is 14.4 Å². The second-order valence-electron chi connectivity index (χ2n) is 5.19. The molecule has 4 nitrogen and oxygen atoms in total. The van der Waals surface area contributed by atoms with E-state index in [0.717, 1.165) is 6.54 Å². The first-order valence-corrected chi connectivity index (χ1v) is 6.96. The number of nitrogens with one attached hydrogen (secondary N) is 1. The molecule has 0 spiro atoms. The third-order valence-electron chi connectivity index (χ3n) is 3.19. The SMILES string of the molecule is CCc1ncnc(NCCN(C(C)C)C(C)C)c1F. The van der Waals surface area contributed by atoms with Crippen LogP contribution in [0.25, 0.3) is 0 Å². The molecule has 19 heavy (non-hydrogen) atoms. The largest absolute Gasteiger partial charge is 0.366 e. The highest BCUT2D eigenvalue weighted by Gasteiger charge is 2.14. The molecule has 0 bridgehead atoms. The van der Waals surface area contributed by atoms with Gasteiger partial charge in [-0.05, 0) is 34.1 Å². The minimum Gasteiger partial charge on any atom is -0.366 e. The number of anilines is 1. The Kier molecular flexibility index (Phi) is 6.15. The van der Waals surface area contributed by atoms with Crippen LogP contribution in [0.15, 0.2) is 6.33 Å². The highest BCUT2D eigenvalue weighted by Crippen LogP contribution is 2.13. The van der Waals surface area contributed by atoms with Crippen LogP contribution in [0.5, 0.6) is 0 Å². The van der Waals surface area contributed by atoms with Crippen molar-refractivity contribution < 1.29 is 4.39 Å². The van der Waals surface area contributed by atoms with Crippen molar-refractivity contribution in [2.24, 2.45) is 0 Å². The van der Waals surface area contributed by atoms with Gasteiger partial charge in [0.1, 0.15) is 6.33 Å². The second kappa shape index (κ2) is 7.38. The summed E-state index contributed by atoms with van der Waals surface area (Å²) < 4.78 is 13.9. The lowest BCUT2D eigenvalue weighted by atomic mass is 10.2. The third kappa shape index (κ3) is 4.42. The minimum atomic E-state index is -0.328. The van der Waals surface area contributed by atoms with Crippen LogP contribution >= 0.6 is 0 Å². The zero-order valence-corrected chi connectivity index (χ0v) is 12.6. The first-order chi connectivity index (χ1) is 8.97. The molecule has 0 aliphatic carbocycles. The lowest BCUT2D eigenvalue weighted by Gasteiger charge is -2.30. The number of nitrogens with zero attached hydrogens (tertiary/aromatic N) is 3. The highest BCUT2D eigenvalue weighted by molar-refractivity contribution is 5.37. The topological polar surface area (TPSA) is 41.1 Å². The lowest BCUT2D eigenvalue weighted by Crippen LogP contribution is -2.40. The first kappa shape index (κ1) is 15.8. The summed E-state index contributed by atoms with van der Waals surface area (Å²) in [5, 5.41) is 3.06. The van der Waals surface area contributed by atoms with Gasteiger partial charge < -0.3 is 5.32 Å². The molecule has 0 amide bonds. The van der Waals surface area contributed by atoms with Crippen molar-refractivity contribution in [3.8, 4) is 0 Å². The Hall–Kier alpha value is -1.23. The van der Waals surface area contributed by atoms with E-state index in [1.165, 1.54) is 6.33 Å². The number of halogens is 1. The summed E-state index contributed by atoms with van der Waals surface area (Å²) in [6, 6.07) is 0.950. The molecule has 0 unspecified atom stereocenters. The molecule has 1 heterocycles. The van der Waals surface area contributed by atoms with Crippen LogP contribution in [-0.4, -0.2) is 40.0 Å². The molecule has 0 aliphatic heterocycles. The lowest BCUT2D eigenvalue weighted by molar-refractivity contribution is 0.182. The average Bonchev–Trinajstić information content (AvgIpc) is 2.35. The standard InChI is InChI=1S/C14H25FN4/c1-6-12-13(15)14(18-9-17-12)16-7-8-19(10(2)3)11(4)5/h9-11H,6-8H2,1-5H3,(H,16,17,18). The molecule has 1 N–H and O–H groups in total. The number of hydrogen-bond acceptors (Lipinski definition) is 4. The first-order valence-electron chi connectivity index (χ1n) is 6.96. The van der Waals surface area contributed by atoms with E-state index in [4.69, 9.17) is 0 Å². The second-order valence-corrected chi connectivity index (χ2v) is 5.19. The van der Waals surface area contributed by atoms with Gasteiger partial charge in [-0.3, -0.25) is 4.90 Å². The van der Waals surface area contributed by atoms with Crippen molar-refractivity contribution >= 4 is 5.82 Å². The Labute approximate surface area is 115 Å². The average molecular weight is 268 g/mol. The van der Waals surface area contributed by atoms with Crippen molar-refractivity contribution in [2.75, 3.05) is 18.4 Å². The van der Waals surface area contributed by atoms with E-state index in [0.29, 0.717) is 36.6 Å². The number of rotatable bonds is 7. The van der Waals surface area contributed by atoms with Gasteiger partial charge in [-0.15, -0.1) is 0 Å². The summed E-state index contributed by atoms with van der Waals surface area (Å²) in [5.41, 5.74) is 0.460. The quantitative estimate of drug-likeness (QED) is 0.825. The molecular weight excluding hydrogens is 243 g/mol. The summed E-state index contributed by atoms with van der Waals surface area (Å²) >= 11 is 0. The third-order valence-corrected chi connectivity index (χ3v) is 3.19. The van der Waals surface area contributed by atoms with Crippen LogP contribution < -0.4 is 5.32 Å². The van der Waals surface area contributed by atoms with Crippen LogP contribution in [-0.2, 0) is 6.42 Å². The Bertz CT molecular complexity index is 385. The number of hydrogen-bond donors (Lipinski definition) is 1. The molecule has 5 heteroatoms. The van der Waals surface area contributed by atoms with E-state index in [2.05, 4.69) is 47.9 Å². The Morgan fingerprint density at radius 2 is 1.84 bits per heavy atom. The van der Waals surface area contributed by atoms with Crippen LogP contribution in [0.1, 0.15) is 40.3 Å². The predicted octanol–water partition coefficient (Wildman–Crippen LogP) is 2.71. The normalized spacial score (nSPS) is 11.6. The summed E-state index contributed by atoms with van der Waals surface area (Å²) in [5.74, 6) is -0.0232. The molecule has 1 aromatic heterocycles. The maximum atomic E-state index is 13.9. The van der Waals surface area contributed by atoms with Crippen molar-refractivity contribution in [2.45, 2.75) is 53.1 Å². The smallest absolute Gasteiger partial charge is 0.186 e. The Balaban J connectivity index is 2.58. The summed E-state index contributed by atoms with van der Waals surface area (Å²) in [6.07, 6.45) is 1.99. The van der Waals surface area contributed by atoms with Gasteiger partial charge in [0.2, 0.25) is 0 Å². The van der Waals surface area contributed by atoms with E-state index in [1.54, 1.807) is 0 Å². The van der Waals surface area contributed by atoms with Gasteiger partial charge in [0, 0.05) is 25.2 Å². The summed E-state index contributed by atoms with van der Waals surface area (Å²) in [4.78, 5) is 10.2. The Morgan fingerprint density at radius 1 is 1.21 bits per heavy atom. The fourth-order valence-electron chi connectivity index (χ4n) is 2.19. The van der Waals surface area contributed by atoms with Crippen LogP contribution in [0.3, 0.4) is 0 Å². The van der Waals surface area contributed by atoms with Gasteiger partial charge in [-0.2, -0.15) is 0 Å². The molecule has 0 aromatic carbocycles. The van der Waals surface area contributed by atoms with Crippen LogP contribution in [0.2, 0.25) is 0 Å². The zero-order chi connectivity index (χ0) is 14.4. The molecule has 0 aliphatic rings. The molecule has 0 saturated heterocycles. The molecule has 0 atom stereocenters. The zero-order valence-electron chi connectivity index (χ0n) is 12.6. The van der Waals surface area contributed by atoms with Crippen molar-refractivity contribution in [3.05, 3.63) is 17.8 Å². The predicted molar refractivity (Wildman–Crippen MR) is 76.8 cm³/mol. The molecule has 1 rings (SSSR count). The molecule has 0 saturated carbocycles.